The molecule has 0 radical (unpaired) electrons. The van der Waals surface area contributed by atoms with Crippen LogP contribution in [0.15, 0.2) is 30.3 Å². The van der Waals surface area contributed by atoms with Crippen LogP contribution >= 0.6 is 0 Å². The quantitative estimate of drug-likeness (QED) is 0.761. The van der Waals surface area contributed by atoms with E-state index in [9.17, 15) is 4.79 Å². The van der Waals surface area contributed by atoms with E-state index in [4.69, 9.17) is 9.47 Å². The van der Waals surface area contributed by atoms with Crippen molar-refractivity contribution in [2.45, 2.75) is 45.1 Å². The van der Waals surface area contributed by atoms with Crippen molar-refractivity contribution < 1.29 is 14.3 Å². The Morgan fingerprint density at radius 1 is 1.33 bits per heavy atom. The number of esters is 1. The monoisotopic (exact) mass is 288 g/mol. The Hall–Kier alpha value is -1.77. The molecule has 0 amide bonds. The topological polar surface area (TPSA) is 35.5 Å². The number of benzene rings is 1. The van der Waals surface area contributed by atoms with E-state index >= 15 is 0 Å². The van der Waals surface area contributed by atoms with E-state index in [1.165, 1.54) is 0 Å². The molecule has 0 N–H and O–H groups in total. The summed E-state index contributed by atoms with van der Waals surface area (Å²) >= 11 is 0. The molecule has 1 saturated heterocycles. The third kappa shape index (κ3) is 4.92. The largest absolute Gasteiger partial charge is 0.497 e. The van der Waals surface area contributed by atoms with Gasteiger partial charge in [0.1, 0.15) is 11.9 Å². The van der Waals surface area contributed by atoms with Crippen LogP contribution in [0, 0.1) is 5.92 Å². The Bertz CT molecular complexity index is 476. The lowest BCUT2D eigenvalue weighted by atomic mass is 9.96. The number of ether oxygens (including phenoxy) is 2. The number of hydrogen-bond acceptors (Lipinski definition) is 3. The molecule has 1 aromatic carbocycles. The van der Waals surface area contributed by atoms with Crippen LogP contribution in [-0.2, 0) is 9.53 Å². The zero-order chi connectivity index (χ0) is 15.1. The van der Waals surface area contributed by atoms with Gasteiger partial charge < -0.3 is 9.47 Å². The minimum absolute atomic E-state index is 0.0384. The molecule has 0 bridgehead atoms. The van der Waals surface area contributed by atoms with Crippen LogP contribution in [0.5, 0.6) is 5.75 Å². The van der Waals surface area contributed by atoms with Gasteiger partial charge in [0.05, 0.1) is 7.11 Å². The molecule has 21 heavy (non-hydrogen) atoms. The second kappa shape index (κ2) is 7.87. The van der Waals surface area contributed by atoms with Crippen LogP contribution in [-0.4, -0.2) is 19.2 Å². The third-order valence-electron chi connectivity index (χ3n) is 3.97. The van der Waals surface area contributed by atoms with Gasteiger partial charge in [0.15, 0.2) is 0 Å². The van der Waals surface area contributed by atoms with E-state index in [0.29, 0.717) is 12.3 Å². The number of hydrogen-bond donors (Lipinski definition) is 0. The van der Waals surface area contributed by atoms with Crippen LogP contribution < -0.4 is 4.74 Å². The molecule has 3 heteroatoms. The molecule has 1 aromatic rings. The number of carbonyl (C=O) groups excluding carboxylic acids is 1. The van der Waals surface area contributed by atoms with Crippen molar-refractivity contribution in [3.05, 3.63) is 35.9 Å². The molecule has 2 unspecified atom stereocenters. The molecule has 1 aliphatic heterocycles. The first-order chi connectivity index (χ1) is 10.2. The summed E-state index contributed by atoms with van der Waals surface area (Å²) in [5.74, 6) is 1.19. The maximum atomic E-state index is 11.5. The highest BCUT2D eigenvalue weighted by Crippen LogP contribution is 2.23. The van der Waals surface area contributed by atoms with Crippen LogP contribution in [0.3, 0.4) is 0 Å². The highest BCUT2D eigenvalue weighted by atomic mass is 16.5. The van der Waals surface area contributed by atoms with Crippen molar-refractivity contribution in [2.24, 2.45) is 5.92 Å². The van der Waals surface area contributed by atoms with Crippen LogP contribution in [0.25, 0.3) is 6.08 Å². The summed E-state index contributed by atoms with van der Waals surface area (Å²) in [6, 6.07) is 7.98. The fourth-order valence-electron chi connectivity index (χ4n) is 2.59. The highest BCUT2D eigenvalue weighted by molar-refractivity contribution is 5.69. The Balaban J connectivity index is 1.85. The zero-order valence-corrected chi connectivity index (χ0v) is 12.9. The van der Waals surface area contributed by atoms with Crippen molar-refractivity contribution in [2.75, 3.05) is 7.11 Å². The molecule has 1 heterocycles. The van der Waals surface area contributed by atoms with Gasteiger partial charge in [-0.05, 0) is 49.3 Å². The summed E-state index contributed by atoms with van der Waals surface area (Å²) in [4.78, 5) is 11.5. The van der Waals surface area contributed by atoms with Crippen molar-refractivity contribution in [1.29, 1.82) is 0 Å². The summed E-state index contributed by atoms with van der Waals surface area (Å²) in [7, 11) is 1.67. The maximum Gasteiger partial charge on any atom is 0.306 e. The van der Waals surface area contributed by atoms with Crippen molar-refractivity contribution in [3.8, 4) is 5.75 Å². The van der Waals surface area contributed by atoms with Gasteiger partial charge in [-0.2, -0.15) is 0 Å². The van der Waals surface area contributed by atoms with E-state index in [1.807, 2.05) is 24.3 Å². The summed E-state index contributed by atoms with van der Waals surface area (Å²) in [6.45, 7) is 2.15. The zero-order valence-electron chi connectivity index (χ0n) is 12.9. The summed E-state index contributed by atoms with van der Waals surface area (Å²) in [5.41, 5.74) is 1.15. The van der Waals surface area contributed by atoms with Gasteiger partial charge in [-0.15, -0.1) is 0 Å². The van der Waals surface area contributed by atoms with Crippen LogP contribution in [0.2, 0.25) is 0 Å². The van der Waals surface area contributed by atoms with E-state index in [-0.39, 0.29) is 12.1 Å². The molecule has 0 saturated carbocycles. The van der Waals surface area contributed by atoms with E-state index in [1.54, 1.807) is 7.11 Å². The van der Waals surface area contributed by atoms with Gasteiger partial charge in [0, 0.05) is 6.42 Å². The van der Waals surface area contributed by atoms with E-state index in [2.05, 4.69) is 19.1 Å². The smallest absolute Gasteiger partial charge is 0.306 e. The number of rotatable bonds is 5. The third-order valence-corrected chi connectivity index (χ3v) is 3.97. The highest BCUT2D eigenvalue weighted by Gasteiger charge is 2.23. The normalized spacial score (nSPS) is 20.9. The molecule has 3 nitrogen and oxygen atoms in total. The lowest BCUT2D eigenvalue weighted by Crippen LogP contribution is -2.23. The molecular weight excluding hydrogens is 264 g/mol. The van der Waals surface area contributed by atoms with Gasteiger partial charge >= 0.3 is 5.97 Å². The first kappa shape index (κ1) is 15.6. The fraction of sp³-hybridized carbons (Fsp3) is 0.500. The van der Waals surface area contributed by atoms with Crippen molar-refractivity contribution in [1.82, 2.24) is 0 Å². The second-order valence-corrected chi connectivity index (χ2v) is 5.66. The molecule has 0 spiro atoms. The molecule has 0 aliphatic carbocycles. The molecule has 1 aliphatic rings. The first-order valence-electron chi connectivity index (χ1n) is 7.69. The predicted molar refractivity (Wildman–Crippen MR) is 84.2 cm³/mol. The average molecular weight is 288 g/mol. The fourth-order valence-corrected chi connectivity index (χ4v) is 2.59. The lowest BCUT2D eigenvalue weighted by Gasteiger charge is -2.21. The number of allylic oxidation sites excluding steroid dienone is 1. The van der Waals surface area contributed by atoms with Crippen molar-refractivity contribution in [3.63, 3.8) is 0 Å². The lowest BCUT2D eigenvalue weighted by molar-refractivity contribution is -0.150. The van der Waals surface area contributed by atoms with Gasteiger partial charge in [-0.25, -0.2) is 0 Å². The maximum absolute atomic E-state index is 11.5. The van der Waals surface area contributed by atoms with Gasteiger partial charge in [0.25, 0.3) is 0 Å². The van der Waals surface area contributed by atoms with Gasteiger partial charge in [-0.3, -0.25) is 4.79 Å². The Kier molecular flexibility index (Phi) is 5.85. The summed E-state index contributed by atoms with van der Waals surface area (Å²) < 4.78 is 10.7. The van der Waals surface area contributed by atoms with Gasteiger partial charge in [-0.1, -0.05) is 31.2 Å². The summed E-state index contributed by atoms with van der Waals surface area (Å²) in [6.07, 6.45) is 8.87. The Morgan fingerprint density at radius 2 is 2.10 bits per heavy atom. The number of cyclic esters (lactones) is 1. The second-order valence-electron chi connectivity index (χ2n) is 5.66. The summed E-state index contributed by atoms with van der Waals surface area (Å²) in [5, 5.41) is 0. The standard InChI is InChI=1S/C18H24O3/c1-14(17-8-3-4-9-18(19)21-17)6-5-7-15-10-12-16(20-2)13-11-15/h5,7,10-14,17H,3-4,6,8-9H2,1-2H3. The van der Waals surface area contributed by atoms with Gasteiger partial charge in [0.2, 0.25) is 0 Å². The van der Waals surface area contributed by atoms with Crippen LogP contribution in [0.1, 0.15) is 44.6 Å². The Morgan fingerprint density at radius 3 is 2.81 bits per heavy atom. The SMILES string of the molecule is COc1ccc(C=CCC(C)C2CCCCC(=O)O2)cc1. The molecular formula is C18H24O3. The molecule has 2 rings (SSSR count). The van der Waals surface area contributed by atoms with Crippen LogP contribution in [0.4, 0.5) is 0 Å². The number of methoxy groups -OCH3 is 1. The Labute approximate surface area is 127 Å². The van der Waals surface area contributed by atoms with Crippen molar-refractivity contribution >= 4 is 12.0 Å². The molecule has 2 atom stereocenters. The first-order valence-corrected chi connectivity index (χ1v) is 7.69. The minimum Gasteiger partial charge on any atom is -0.497 e. The molecule has 1 fully saturated rings. The molecule has 114 valence electrons. The average Bonchev–Trinajstić information content (AvgIpc) is 2.72. The molecule has 0 aromatic heterocycles. The van der Waals surface area contributed by atoms with E-state index in [0.717, 1.165) is 37.0 Å². The predicted octanol–water partition coefficient (Wildman–Crippen LogP) is 4.22. The van der Waals surface area contributed by atoms with E-state index < -0.39 is 0 Å². The number of carbonyl (C=O) groups is 1. The minimum atomic E-state index is -0.0384.